The number of hydrogen-bond acceptors (Lipinski definition) is 4. The lowest BCUT2D eigenvalue weighted by molar-refractivity contribution is 0.402. The summed E-state index contributed by atoms with van der Waals surface area (Å²) in [6.07, 6.45) is 0. The van der Waals surface area contributed by atoms with Crippen LogP contribution in [0.3, 0.4) is 0 Å². The SMILES string of the molecule is N#Cc1ccc(O)c(O)c1C#N. The molecule has 0 aliphatic rings. The lowest BCUT2D eigenvalue weighted by atomic mass is 10.1. The number of nitrogens with zero attached hydrogens (tertiary/aromatic N) is 2. The first-order chi connectivity index (χ1) is 5.70. The molecular weight excluding hydrogens is 156 g/mol. The van der Waals surface area contributed by atoms with E-state index in [2.05, 4.69) is 0 Å². The zero-order valence-corrected chi connectivity index (χ0v) is 5.94. The summed E-state index contributed by atoms with van der Waals surface area (Å²) in [5.74, 6) is -0.942. The Kier molecular flexibility index (Phi) is 1.85. The maximum absolute atomic E-state index is 9.09. The van der Waals surface area contributed by atoms with Crippen molar-refractivity contribution in [2.24, 2.45) is 0 Å². The Morgan fingerprint density at radius 1 is 1.08 bits per heavy atom. The quantitative estimate of drug-likeness (QED) is 0.550. The first-order valence-corrected chi connectivity index (χ1v) is 3.06. The van der Waals surface area contributed by atoms with E-state index in [-0.39, 0.29) is 11.1 Å². The molecule has 0 aliphatic carbocycles. The predicted molar refractivity (Wildman–Crippen MR) is 39.2 cm³/mol. The zero-order valence-electron chi connectivity index (χ0n) is 5.94. The molecule has 2 N–H and O–H groups in total. The monoisotopic (exact) mass is 160 g/mol. The molecule has 58 valence electrons. The van der Waals surface area contributed by atoms with Crippen LogP contribution in [-0.2, 0) is 0 Å². The first-order valence-electron chi connectivity index (χ1n) is 3.06. The molecule has 0 bridgehead atoms. The van der Waals surface area contributed by atoms with Gasteiger partial charge in [0.1, 0.15) is 17.7 Å². The Morgan fingerprint density at radius 2 is 1.75 bits per heavy atom. The summed E-state index contributed by atoms with van der Waals surface area (Å²) in [5, 5.41) is 35.0. The van der Waals surface area contributed by atoms with Crippen molar-refractivity contribution in [1.82, 2.24) is 0 Å². The fourth-order valence-electron chi connectivity index (χ4n) is 0.787. The lowest BCUT2D eigenvalue weighted by Crippen LogP contribution is -1.84. The van der Waals surface area contributed by atoms with Crippen molar-refractivity contribution in [3.8, 4) is 23.6 Å². The van der Waals surface area contributed by atoms with E-state index in [4.69, 9.17) is 20.7 Å². The fraction of sp³-hybridized carbons (Fsp3) is 0. The third-order valence-electron chi connectivity index (χ3n) is 1.39. The Morgan fingerprint density at radius 3 is 2.25 bits per heavy atom. The van der Waals surface area contributed by atoms with Gasteiger partial charge < -0.3 is 10.2 Å². The zero-order chi connectivity index (χ0) is 9.14. The summed E-state index contributed by atoms with van der Waals surface area (Å²) in [4.78, 5) is 0. The molecule has 1 aromatic rings. The molecular formula is C8H4N2O2. The van der Waals surface area contributed by atoms with Gasteiger partial charge in [0, 0.05) is 0 Å². The minimum atomic E-state index is -0.545. The number of nitriles is 2. The van der Waals surface area contributed by atoms with Gasteiger partial charge in [-0.3, -0.25) is 0 Å². The summed E-state index contributed by atoms with van der Waals surface area (Å²) >= 11 is 0. The number of rotatable bonds is 0. The molecule has 12 heavy (non-hydrogen) atoms. The van der Waals surface area contributed by atoms with Gasteiger partial charge in [0.15, 0.2) is 11.5 Å². The minimum absolute atomic E-state index is 0.0489. The highest BCUT2D eigenvalue weighted by molar-refractivity contribution is 5.58. The van der Waals surface area contributed by atoms with Gasteiger partial charge in [-0.25, -0.2) is 0 Å². The third kappa shape index (κ3) is 1.02. The number of aromatic hydroxyl groups is 2. The van der Waals surface area contributed by atoms with Crippen molar-refractivity contribution in [3.05, 3.63) is 23.3 Å². The molecule has 0 radical (unpaired) electrons. The summed E-state index contributed by atoms with van der Waals surface area (Å²) in [6.45, 7) is 0. The number of hydrogen-bond donors (Lipinski definition) is 2. The van der Waals surface area contributed by atoms with E-state index in [1.165, 1.54) is 6.07 Å². The summed E-state index contributed by atoms with van der Waals surface area (Å²) in [6, 6.07) is 5.78. The first kappa shape index (κ1) is 7.90. The van der Waals surface area contributed by atoms with E-state index in [1.807, 2.05) is 0 Å². The fourth-order valence-corrected chi connectivity index (χ4v) is 0.787. The highest BCUT2D eigenvalue weighted by atomic mass is 16.3. The van der Waals surface area contributed by atoms with Gasteiger partial charge in [0.05, 0.1) is 5.56 Å². The smallest absolute Gasteiger partial charge is 0.176 e. The van der Waals surface area contributed by atoms with Crippen molar-refractivity contribution < 1.29 is 10.2 Å². The molecule has 0 unspecified atom stereocenters. The predicted octanol–water partition coefficient (Wildman–Crippen LogP) is 0.841. The van der Waals surface area contributed by atoms with Crippen molar-refractivity contribution in [1.29, 1.82) is 10.5 Å². The van der Waals surface area contributed by atoms with Gasteiger partial charge >= 0.3 is 0 Å². The van der Waals surface area contributed by atoms with Gasteiger partial charge in [-0.15, -0.1) is 0 Å². The second-order valence-corrected chi connectivity index (χ2v) is 2.08. The average molecular weight is 160 g/mol. The summed E-state index contributed by atoms with van der Waals surface area (Å²) < 4.78 is 0. The maximum Gasteiger partial charge on any atom is 0.176 e. The van der Waals surface area contributed by atoms with Crippen molar-refractivity contribution in [2.45, 2.75) is 0 Å². The van der Waals surface area contributed by atoms with Gasteiger partial charge in [0.25, 0.3) is 0 Å². The molecule has 0 atom stereocenters. The molecule has 4 nitrogen and oxygen atoms in total. The molecule has 0 saturated heterocycles. The van der Waals surface area contributed by atoms with Gasteiger partial charge in [-0.05, 0) is 12.1 Å². The number of phenols is 2. The largest absolute Gasteiger partial charge is 0.504 e. The van der Waals surface area contributed by atoms with Crippen LogP contribution in [0, 0.1) is 22.7 Å². The van der Waals surface area contributed by atoms with Crippen molar-refractivity contribution in [2.75, 3.05) is 0 Å². The second kappa shape index (κ2) is 2.81. The molecule has 0 fully saturated rings. The van der Waals surface area contributed by atoms with E-state index in [9.17, 15) is 0 Å². The summed E-state index contributed by atoms with van der Waals surface area (Å²) in [7, 11) is 0. The number of benzene rings is 1. The van der Waals surface area contributed by atoms with Crippen LogP contribution in [0.2, 0.25) is 0 Å². The highest BCUT2D eigenvalue weighted by Crippen LogP contribution is 2.29. The third-order valence-corrected chi connectivity index (χ3v) is 1.39. The van der Waals surface area contributed by atoms with Crippen LogP contribution in [0.5, 0.6) is 11.5 Å². The van der Waals surface area contributed by atoms with Crippen LogP contribution in [0.25, 0.3) is 0 Å². The Balaban J connectivity index is 3.52. The Labute approximate surface area is 68.5 Å². The van der Waals surface area contributed by atoms with E-state index in [0.29, 0.717) is 0 Å². The van der Waals surface area contributed by atoms with Gasteiger partial charge in [-0.1, -0.05) is 0 Å². The van der Waals surface area contributed by atoms with Crippen LogP contribution in [0.4, 0.5) is 0 Å². The summed E-state index contributed by atoms with van der Waals surface area (Å²) in [5.41, 5.74) is -0.148. The van der Waals surface area contributed by atoms with E-state index in [1.54, 1.807) is 12.1 Å². The maximum atomic E-state index is 9.09. The van der Waals surface area contributed by atoms with Gasteiger partial charge in [0.2, 0.25) is 0 Å². The van der Waals surface area contributed by atoms with E-state index >= 15 is 0 Å². The standard InChI is InChI=1S/C8H4N2O2/c9-3-5-1-2-7(11)8(12)6(5)4-10/h1-2,11-12H. The normalized spacial score (nSPS) is 8.50. The molecule has 1 rings (SSSR count). The molecule has 0 aromatic heterocycles. The Hall–Kier alpha value is -2.20. The van der Waals surface area contributed by atoms with Crippen LogP contribution in [0.1, 0.15) is 11.1 Å². The van der Waals surface area contributed by atoms with E-state index in [0.717, 1.165) is 6.07 Å². The second-order valence-electron chi connectivity index (χ2n) is 2.08. The lowest BCUT2D eigenvalue weighted by Gasteiger charge is -1.99. The average Bonchev–Trinajstić information content (AvgIpc) is 2.09. The van der Waals surface area contributed by atoms with E-state index < -0.39 is 11.5 Å². The van der Waals surface area contributed by atoms with Crippen LogP contribution in [-0.4, -0.2) is 10.2 Å². The van der Waals surface area contributed by atoms with Crippen LogP contribution < -0.4 is 0 Å². The highest BCUT2D eigenvalue weighted by Gasteiger charge is 2.10. The number of phenolic OH excluding ortho intramolecular Hbond substituents is 2. The molecule has 0 spiro atoms. The van der Waals surface area contributed by atoms with Crippen molar-refractivity contribution >= 4 is 0 Å². The van der Waals surface area contributed by atoms with Crippen LogP contribution >= 0.6 is 0 Å². The molecule has 0 saturated carbocycles. The van der Waals surface area contributed by atoms with Crippen molar-refractivity contribution in [3.63, 3.8) is 0 Å². The molecule has 0 amide bonds. The Bertz CT molecular complexity index is 399. The molecule has 0 heterocycles. The van der Waals surface area contributed by atoms with Crippen LogP contribution in [0.15, 0.2) is 12.1 Å². The minimum Gasteiger partial charge on any atom is -0.504 e. The van der Waals surface area contributed by atoms with Gasteiger partial charge in [-0.2, -0.15) is 10.5 Å². The molecule has 4 heteroatoms. The molecule has 1 aromatic carbocycles. The molecule has 0 aliphatic heterocycles. The topological polar surface area (TPSA) is 88.0 Å².